The third-order valence-corrected chi connectivity index (χ3v) is 4.89. The van der Waals surface area contributed by atoms with Gasteiger partial charge < -0.3 is 4.74 Å². The third-order valence-electron chi connectivity index (χ3n) is 4.89. The summed E-state index contributed by atoms with van der Waals surface area (Å²) in [6.07, 6.45) is 2.45. The maximum absolute atomic E-state index is 5.89. The molecule has 0 saturated carbocycles. The summed E-state index contributed by atoms with van der Waals surface area (Å²) in [5, 5.41) is 4.69. The van der Waals surface area contributed by atoms with Crippen LogP contribution >= 0.6 is 0 Å². The maximum Gasteiger partial charge on any atom is 0.252 e. The van der Waals surface area contributed by atoms with Crippen LogP contribution in [0.2, 0.25) is 0 Å². The molecule has 0 fully saturated rings. The Balaban J connectivity index is 1.37. The Bertz CT molecular complexity index is 1250. The summed E-state index contributed by atoms with van der Waals surface area (Å²) < 4.78 is 7.70. The van der Waals surface area contributed by atoms with Gasteiger partial charge in [0.2, 0.25) is 0 Å². The molecule has 0 atom stereocenters. The molecule has 0 radical (unpaired) electrons. The minimum Gasteiger partial charge on any atom is -0.489 e. The Morgan fingerprint density at radius 1 is 0.733 bits per heavy atom. The van der Waals surface area contributed by atoms with Gasteiger partial charge in [-0.05, 0) is 41.5 Å². The molecule has 0 N–H and O–H groups in total. The van der Waals surface area contributed by atoms with Gasteiger partial charge in [-0.25, -0.2) is 4.98 Å². The zero-order valence-corrected chi connectivity index (χ0v) is 16.3. The molecule has 0 amide bonds. The summed E-state index contributed by atoms with van der Waals surface area (Å²) in [6.45, 7) is 0.547. The normalized spacial score (nSPS) is 10.9. The van der Waals surface area contributed by atoms with E-state index in [0.29, 0.717) is 18.8 Å². The molecule has 3 aromatic carbocycles. The smallest absolute Gasteiger partial charge is 0.252 e. The highest BCUT2D eigenvalue weighted by Gasteiger charge is 2.10. The van der Waals surface area contributed by atoms with Gasteiger partial charge in [0.05, 0.1) is 5.69 Å². The van der Waals surface area contributed by atoms with Crippen molar-refractivity contribution in [2.24, 2.45) is 0 Å². The van der Waals surface area contributed by atoms with Gasteiger partial charge in [-0.15, -0.1) is 5.10 Å². The molecule has 5 aromatic rings. The third kappa shape index (κ3) is 3.91. The lowest BCUT2D eigenvalue weighted by molar-refractivity contribution is 0.306. The van der Waals surface area contributed by atoms with Crippen molar-refractivity contribution < 1.29 is 4.74 Å². The lowest BCUT2D eigenvalue weighted by Crippen LogP contribution is -1.97. The lowest BCUT2D eigenvalue weighted by Gasteiger charge is -2.08. The maximum atomic E-state index is 5.89. The van der Waals surface area contributed by atoms with Crippen LogP contribution < -0.4 is 4.74 Å². The van der Waals surface area contributed by atoms with E-state index < -0.39 is 0 Å². The first-order chi connectivity index (χ1) is 14.8. The predicted molar refractivity (Wildman–Crippen MR) is 116 cm³/mol. The van der Waals surface area contributed by atoms with Gasteiger partial charge >= 0.3 is 0 Å². The molecule has 30 heavy (non-hydrogen) atoms. The molecular formula is C25H20N4O. The Morgan fingerprint density at radius 2 is 1.43 bits per heavy atom. The van der Waals surface area contributed by atoms with Crippen LogP contribution in [0.25, 0.3) is 17.0 Å². The fourth-order valence-electron chi connectivity index (χ4n) is 3.37. The molecule has 0 aliphatic rings. The molecule has 5 heteroatoms. The second-order valence-corrected chi connectivity index (χ2v) is 7.03. The fourth-order valence-corrected chi connectivity index (χ4v) is 3.37. The minimum absolute atomic E-state index is 0.547. The summed E-state index contributed by atoms with van der Waals surface area (Å²) in [5.74, 6) is 2.18. The van der Waals surface area contributed by atoms with Gasteiger partial charge in [0.25, 0.3) is 5.78 Å². The fraction of sp³-hybridized carbons (Fsp3) is 0.0800. The molecule has 0 aliphatic heterocycles. The van der Waals surface area contributed by atoms with Crippen molar-refractivity contribution in [1.82, 2.24) is 19.6 Å². The van der Waals surface area contributed by atoms with Crippen LogP contribution in [0, 0.1) is 0 Å². The number of benzene rings is 3. The molecule has 5 nitrogen and oxygen atoms in total. The summed E-state index contributed by atoms with van der Waals surface area (Å²) in [4.78, 5) is 8.97. The second-order valence-electron chi connectivity index (χ2n) is 7.03. The first-order valence-electron chi connectivity index (χ1n) is 9.87. The standard InChI is InChI=1S/C25H20N4O/c1-3-7-19(8-4-1)17-24-27-25-26-16-15-23(29(25)28-24)21-11-13-22(14-12-21)30-18-20-9-5-2-6-10-20/h1-16H,17-18H2. The van der Waals surface area contributed by atoms with Gasteiger partial charge in [-0.1, -0.05) is 60.7 Å². The van der Waals surface area contributed by atoms with Crippen LogP contribution in [0.5, 0.6) is 5.75 Å². The highest BCUT2D eigenvalue weighted by atomic mass is 16.5. The van der Waals surface area contributed by atoms with Crippen molar-refractivity contribution in [1.29, 1.82) is 0 Å². The van der Waals surface area contributed by atoms with Crippen LogP contribution in [0.15, 0.2) is 97.2 Å². The lowest BCUT2D eigenvalue weighted by atomic mass is 10.1. The summed E-state index contributed by atoms with van der Waals surface area (Å²) >= 11 is 0. The highest BCUT2D eigenvalue weighted by Crippen LogP contribution is 2.23. The van der Waals surface area contributed by atoms with Crippen LogP contribution in [0.3, 0.4) is 0 Å². The molecule has 5 rings (SSSR count). The largest absolute Gasteiger partial charge is 0.489 e. The monoisotopic (exact) mass is 392 g/mol. The van der Waals surface area contributed by atoms with E-state index in [1.54, 1.807) is 10.7 Å². The van der Waals surface area contributed by atoms with E-state index in [2.05, 4.69) is 34.2 Å². The van der Waals surface area contributed by atoms with E-state index >= 15 is 0 Å². The SMILES string of the molecule is c1ccc(COc2ccc(-c3ccnc4nc(Cc5ccccc5)nn34)cc2)cc1. The van der Waals surface area contributed by atoms with Crippen LogP contribution in [-0.4, -0.2) is 19.6 Å². The molecule has 0 bridgehead atoms. The summed E-state index contributed by atoms with van der Waals surface area (Å²) in [5.41, 5.74) is 4.30. The highest BCUT2D eigenvalue weighted by molar-refractivity contribution is 5.62. The van der Waals surface area contributed by atoms with E-state index in [9.17, 15) is 0 Å². The number of hydrogen-bond acceptors (Lipinski definition) is 4. The molecule has 2 heterocycles. The number of rotatable bonds is 6. The van der Waals surface area contributed by atoms with Gasteiger partial charge in [0.15, 0.2) is 5.82 Å². The van der Waals surface area contributed by atoms with Crippen molar-refractivity contribution in [2.75, 3.05) is 0 Å². The van der Waals surface area contributed by atoms with E-state index in [-0.39, 0.29) is 0 Å². The molecule has 146 valence electrons. The van der Waals surface area contributed by atoms with Crippen LogP contribution in [0.4, 0.5) is 0 Å². The first kappa shape index (κ1) is 18.1. The van der Waals surface area contributed by atoms with Crippen molar-refractivity contribution in [3.05, 3.63) is 114 Å². The zero-order chi connectivity index (χ0) is 20.2. The number of ether oxygens (including phenoxy) is 1. The van der Waals surface area contributed by atoms with Gasteiger partial charge in [-0.3, -0.25) is 0 Å². The molecule has 2 aromatic heterocycles. The molecule has 0 aliphatic carbocycles. The summed E-state index contributed by atoms with van der Waals surface area (Å²) in [7, 11) is 0. The Labute approximate surface area is 174 Å². The van der Waals surface area contributed by atoms with Gasteiger partial charge in [0.1, 0.15) is 12.4 Å². The summed E-state index contributed by atoms with van der Waals surface area (Å²) in [6, 6.07) is 30.3. The van der Waals surface area contributed by atoms with Crippen LogP contribution in [0.1, 0.15) is 17.0 Å². The molecule has 0 saturated heterocycles. The molecule has 0 spiro atoms. The van der Waals surface area contributed by atoms with E-state index in [0.717, 1.165) is 28.4 Å². The van der Waals surface area contributed by atoms with E-state index in [1.165, 1.54) is 5.56 Å². The number of aromatic nitrogens is 4. The Kier molecular flexibility index (Phi) is 4.92. The van der Waals surface area contributed by atoms with Gasteiger partial charge in [-0.2, -0.15) is 9.50 Å². The van der Waals surface area contributed by atoms with E-state index in [1.807, 2.05) is 66.7 Å². The Morgan fingerprint density at radius 3 is 2.17 bits per heavy atom. The average Bonchev–Trinajstić information content (AvgIpc) is 3.22. The zero-order valence-electron chi connectivity index (χ0n) is 16.3. The second kappa shape index (κ2) is 8.17. The number of nitrogens with zero attached hydrogens (tertiary/aromatic N) is 4. The number of fused-ring (bicyclic) bond motifs is 1. The Hall–Kier alpha value is -3.99. The predicted octanol–water partition coefficient (Wildman–Crippen LogP) is 4.96. The molecular weight excluding hydrogens is 372 g/mol. The van der Waals surface area contributed by atoms with Gasteiger partial charge in [0, 0.05) is 18.2 Å². The topological polar surface area (TPSA) is 52.3 Å². The molecule has 0 unspecified atom stereocenters. The quantitative estimate of drug-likeness (QED) is 0.410. The van der Waals surface area contributed by atoms with Crippen molar-refractivity contribution >= 4 is 5.78 Å². The minimum atomic E-state index is 0.547. The van der Waals surface area contributed by atoms with Crippen molar-refractivity contribution in [3.8, 4) is 17.0 Å². The van der Waals surface area contributed by atoms with Crippen LogP contribution in [-0.2, 0) is 13.0 Å². The first-order valence-corrected chi connectivity index (χ1v) is 9.87. The van der Waals surface area contributed by atoms with E-state index in [4.69, 9.17) is 9.84 Å². The number of hydrogen-bond donors (Lipinski definition) is 0. The average molecular weight is 392 g/mol. The van der Waals surface area contributed by atoms with Crippen molar-refractivity contribution in [2.45, 2.75) is 13.0 Å². The van der Waals surface area contributed by atoms with Crippen molar-refractivity contribution in [3.63, 3.8) is 0 Å².